The Labute approximate surface area is 135 Å². The lowest BCUT2D eigenvalue weighted by Crippen LogP contribution is -2.39. The monoisotopic (exact) mass is 321 g/mol. The van der Waals surface area contributed by atoms with E-state index in [1.165, 1.54) is 4.88 Å². The molecule has 0 aliphatic carbocycles. The standard InChI is InChI=1S/C14H23N7S/c1-10-12(22-11(2)19-10)6-7-16-14(15-3)20(4)8-13-17-9-18-21(13)5/h9H,6-8H2,1-5H3,(H,15,16). The largest absolute Gasteiger partial charge is 0.356 e. The molecule has 0 bridgehead atoms. The molecule has 0 saturated heterocycles. The van der Waals surface area contributed by atoms with Gasteiger partial charge in [0.2, 0.25) is 0 Å². The van der Waals surface area contributed by atoms with Gasteiger partial charge in [-0.15, -0.1) is 11.3 Å². The summed E-state index contributed by atoms with van der Waals surface area (Å²) in [5.41, 5.74) is 1.13. The lowest BCUT2D eigenvalue weighted by Gasteiger charge is -2.21. The second-order valence-corrected chi connectivity index (χ2v) is 6.41. The summed E-state index contributed by atoms with van der Waals surface area (Å²) >= 11 is 1.76. The van der Waals surface area contributed by atoms with Crippen molar-refractivity contribution in [3.05, 3.63) is 27.7 Å². The van der Waals surface area contributed by atoms with Gasteiger partial charge in [0.15, 0.2) is 5.96 Å². The zero-order valence-corrected chi connectivity index (χ0v) is 14.6. The lowest BCUT2D eigenvalue weighted by molar-refractivity contribution is 0.449. The average molecular weight is 321 g/mol. The van der Waals surface area contributed by atoms with Gasteiger partial charge in [-0.1, -0.05) is 0 Å². The predicted molar refractivity (Wildman–Crippen MR) is 89.1 cm³/mol. The molecule has 0 fully saturated rings. The van der Waals surface area contributed by atoms with Crippen LogP contribution in [0.15, 0.2) is 11.3 Å². The Balaban J connectivity index is 1.87. The van der Waals surface area contributed by atoms with Crippen LogP contribution >= 0.6 is 11.3 Å². The second-order valence-electron chi connectivity index (χ2n) is 5.12. The lowest BCUT2D eigenvalue weighted by atomic mass is 10.3. The fourth-order valence-corrected chi connectivity index (χ4v) is 3.16. The fraction of sp³-hybridized carbons (Fsp3) is 0.571. The van der Waals surface area contributed by atoms with Crippen molar-refractivity contribution in [2.24, 2.45) is 12.0 Å². The minimum Gasteiger partial charge on any atom is -0.356 e. The first-order valence-electron chi connectivity index (χ1n) is 7.18. The van der Waals surface area contributed by atoms with E-state index in [9.17, 15) is 0 Å². The number of aliphatic imine (C=N–C) groups is 1. The molecule has 8 heteroatoms. The molecular formula is C14H23N7S. The van der Waals surface area contributed by atoms with Crippen molar-refractivity contribution < 1.29 is 0 Å². The number of aryl methyl sites for hydroxylation is 3. The van der Waals surface area contributed by atoms with E-state index in [-0.39, 0.29) is 0 Å². The molecule has 0 unspecified atom stereocenters. The molecule has 0 aliphatic heterocycles. The first kappa shape index (κ1) is 16.4. The highest BCUT2D eigenvalue weighted by atomic mass is 32.1. The van der Waals surface area contributed by atoms with E-state index < -0.39 is 0 Å². The van der Waals surface area contributed by atoms with Crippen molar-refractivity contribution in [1.82, 2.24) is 30.0 Å². The average Bonchev–Trinajstić information content (AvgIpc) is 3.01. The Morgan fingerprint density at radius 1 is 1.45 bits per heavy atom. The van der Waals surface area contributed by atoms with Crippen molar-refractivity contribution in [1.29, 1.82) is 0 Å². The third kappa shape index (κ3) is 4.03. The van der Waals surface area contributed by atoms with Gasteiger partial charge in [-0.25, -0.2) is 9.97 Å². The minimum absolute atomic E-state index is 0.662. The molecule has 2 aromatic rings. The van der Waals surface area contributed by atoms with E-state index >= 15 is 0 Å². The molecule has 0 aliphatic rings. The molecule has 2 aromatic heterocycles. The van der Waals surface area contributed by atoms with Gasteiger partial charge in [-0.2, -0.15) is 5.10 Å². The smallest absolute Gasteiger partial charge is 0.193 e. The van der Waals surface area contributed by atoms with E-state index in [1.807, 2.05) is 25.9 Å². The highest BCUT2D eigenvalue weighted by Crippen LogP contribution is 2.17. The Morgan fingerprint density at radius 2 is 2.23 bits per heavy atom. The first-order valence-corrected chi connectivity index (χ1v) is 8.00. The van der Waals surface area contributed by atoms with Gasteiger partial charge in [-0.3, -0.25) is 9.67 Å². The molecule has 0 saturated carbocycles. The van der Waals surface area contributed by atoms with Gasteiger partial charge >= 0.3 is 0 Å². The molecule has 0 aromatic carbocycles. The van der Waals surface area contributed by atoms with Crippen LogP contribution in [-0.2, 0) is 20.0 Å². The number of hydrogen-bond donors (Lipinski definition) is 1. The van der Waals surface area contributed by atoms with Gasteiger partial charge in [0, 0.05) is 39.0 Å². The van der Waals surface area contributed by atoms with Crippen LogP contribution in [0.5, 0.6) is 0 Å². The van der Waals surface area contributed by atoms with Crippen LogP contribution in [-0.4, -0.2) is 51.2 Å². The minimum atomic E-state index is 0.662. The molecule has 2 heterocycles. The summed E-state index contributed by atoms with van der Waals surface area (Å²) in [6.45, 7) is 5.60. The Hall–Kier alpha value is -1.96. The van der Waals surface area contributed by atoms with Crippen LogP contribution in [0.3, 0.4) is 0 Å². The maximum atomic E-state index is 4.46. The second kappa shape index (κ2) is 7.35. The highest BCUT2D eigenvalue weighted by Gasteiger charge is 2.10. The summed E-state index contributed by atoms with van der Waals surface area (Å²) in [7, 11) is 5.67. The number of guanidine groups is 1. The number of thiazole rings is 1. The zero-order valence-electron chi connectivity index (χ0n) is 13.8. The zero-order chi connectivity index (χ0) is 16.1. The van der Waals surface area contributed by atoms with Crippen LogP contribution in [0.2, 0.25) is 0 Å². The summed E-state index contributed by atoms with van der Waals surface area (Å²) in [6, 6.07) is 0. The molecule has 1 N–H and O–H groups in total. The highest BCUT2D eigenvalue weighted by molar-refractivity contribution is 7.11. The van der Waals surface area contributed by atoms with Crippen molar-refractivity contribution in [2.75, 3.05) is 20.6 Å². The molecule has 2 rings (SSSR count). The van der Waals surface area contributed by atoms with Crippen LogP contribution in [0, 0.1) is 13.8 Å². The number of rotatable bonds is 5. The Kier molecular flexibility index (Phi) is 5.48. The summed E-state index contributed by atoms with van der Waals surface area (Å²) in [5.74, 6) is 1.75. The van der Waals surface area contributed by atoms with E-state index in [2.05, 4.69) is 32.3 Å². The van der Waals surface area contributed by atoms with Crippen LogP contribution in [0.4, 0.5) is 0 Å². The van der Waals surface area contributed by atoms with Crippen molar-refractivity contribution in [3.63, 3.8) is 0 Å². The van der Waals surface area contributed by atoms with Crippen LogP contribution in [0.25, 0.3) is 0 Å². The summed E-state index contributed by atoms with van der Waals surface area (Å²) < 4.78 is 1.77. The van der Waals surface area contributed by atoms with Crippen molar-refractivity contribution in [2.45, 2.75) is 26.8 Å². The van der Waals surface area contributed by atoms with Gasteiger partial charge < -0.3 is 10.2 Å². The number of hydrogen-bond acceptors (Lipinski definition) is 5. The van der Waals surface area contributed by atoms with Gasteiger partial charge in [0.25, 0.3) is 0 Å². The van der Waals surface area contributed by atoms with E-state index in [4.69, 9.17) is 0 Å². The number of nitrogens with zero attached hydrogens (tertiary/aromatic N) is 6. The van der Waals surface area contributed by atoms with Gasteiger partial charge in [-0.05, 0) is 13.8 Å². The topological polar surface area (TPSA) is 71.2 Å². The molecule has 7 nitrogen and oxygen atoms in total. The fourth-order valence-electron chi connectivity index (χ4n) is 2.23. The molecule has 0 atom stereocenters. The first-order chi connectivity index (χ1) is 10.5. The molecule has 22 heavy (non-hydrogen) atoms. The quantitative estimate of drug-likeness (QED) is 0.660. The van der Waals surface area contributed by atoms with Gasteiger partial charge in [0.05, 0.1) is 17.2 Å². The molecule has 0 radical (unpaired) electrons. The van der Waals surface area contributed by atoms with E-state index in [0.717, 1.165) is 35.5 Å². The Morgan fingerprint density at radius 3 is 2.77 bits per heavy atom. The molecule has 0 amide bonds. The van der Waals surface area contributed by atoms with Crippen LogP contribution in [0.1, 0.15) is 21.4 Å². The maximum absolute atomic E-state index is 4.46. The van der Waals surface area contributed by atoms with Crippen molar-refractivity contribution >= 4 is 17.3 Å². The van der Waals surface area contributed by atoms with Gasteiger partial charge in [0.1, 0.15) is 12.2 Å². The number of nitrogens with one attached hydrogen (secondary N) is 1. The third-order valence-corrected chi connectivity index (χ3v) is 4.52. The van der Waals surface area contributed by atoms with E-state index in [0.29, 0.717) is 6.54 Å². The molecule has 120 valence electrons. The van der Waals surface area contributed by atoms with Crippen LogP contribution < -0.4 is 5.32 Å². The normalized spacial score (nSPS) is 11.8. The summed E-state index contributed by atoms with van der Waals surface area (Å²) in [6.07, 6.45) is 2.52. The Bertz CT molecular complexity index is 643. The summed E-state index contributed by atoms with van der Waals surface area (Å²) in [5, 5.41) is 8.59. The predicted octanol–water partition coefficient (Wildman–Crippen LogP) is 1.14. The van der Waals surface area contributed by atoms with E-state index in [1.54, 1.807) is 29.4 Å². The number of aromatic nitrogens is 4. The SMILES string of the molecule is CN=C(NCCc1sc(C)nc1C)N(C)Cc1ncnn1C. The molecular weight excluding hydrogens is 298 g/mol. The third-order valence-electron chi connectivity index (χ3n) is 3.39. The molecule has 0 spiro atoms. The summed E-state index contributed by atoms with van der Waals surface area (Å²) in [4.78, 5) is 16.4. The maximum Gasteiger partial charge on any atom is 0.193 e. The van der Waals surface area contributed by atoms with Crippen molar-refractivity contribution in [3.8, 4) is 0 Å².